The Morgan fingerprint density at radius 1 is 0.352 bits per heavy atom. The third-order valence-electron chi connectivity index (χ3n) is 11.3. The Morgan fingerprint density at radius 2 is 0.630 bits per heavy atom. The van der Waals surface area contributed by atoms with Crippen molar-refractivity contribution < 1.29 is 18.5 Å². The highest BCUT2D eigenvalue weighted by molar-refractivity contribution is 7.54. The molecule has 326 valence electrons. The first kappa shape index (κ1) is 54.1. The van der Waals surface area contributed by atoms with E-state index < -0.39 is 7.60 Å². The molecule has 6 heteroatoms. The fourth-order valence-electron chi connectivity index (χ4n) is 7.48. The molecule has 0 saturated heterocycles. The predicted octanol–water partition coefficient (Wildman–Crippen LogP) is 17.7. The fraction of sp³-hybridized carbons (Fsp3) is 1.00. The second kappa shape index (κ2) is 44.2. The normalized spacial score (nSPS) is 12.7. The smallest absolute Gasteiger partial charge is 0.307 e. The van der Waals surface area contributed by atoms with E-state index in [0.717, 1.165) is 64.3 Å². The molecule has 0 N–H and O–H groups in total. The van der Waals surface area contributed by atoms with Crippen LogP contribution in [0.1, 0.15) is 279 Å². The lowest BCUT2D eigenvalue weighted by atomic mass is 10.0. The highest BCUT2D eigenvalue weighted by Crippen LogP contribution is 2.56. The lowest BCUT2D eigenvalue weighted by Gasteiger charge is -2.35. The van der Waals surface area contributed by atoms with Crippen molar-refractivity contribution in [3.05, 3.63) is 0 Å². The van der Waals surface area contributed by atoms with Gasteiger partial charge in [0.15, 0.2) is 0 Å². The van der Waals surface area contributed by atoms with Crippen LogP contribution in [0.4, 0.5) is 0 Å². The maximum atomic E-state index is 14.7. The van der Waals surface area contributed by atoms with Crippen molar-refractivity contribution in [2.24, 2.45) is 0 Å². The molecular weight excluding hydrogens is 686 g/mol. The number of hydrogen-bond donors (Lipinski definition) is 0. The molecule has 5 nitrogen and oxygen atoms in total. The SMILES string of the molecule is CCCCCCCCCCCCCCCCCCN(OCCCC)C(CCCCCCCCCCCCCCCCC)P(=O)(OCCCC)OCCCC. The van der Waals surface area contributed by atoms with Crippen LogP contribution >= 0.6 is 7.60 Å². The van der Waals surface area contributed by atoms with Crippen LogP contribution in [0.25, 0.3) is 0 Å². The first-order valence-corrected chi connectivity index (χ1v) is 26.5. The Labute approximate surface area is 340 Å². The fourth-order valence-corrected chi connectivity index (χ4v) is 9.66. The average molecular weight is 786 g/mol. The molecular formula is C48H100NO4P. The van der Waals surface area contributed by atoms with E-state index in [9.17, 15) is 4.57 Å². The molecule has 0 saturated carbocycles. The van der Waals surface area contributed by atoms with Crippen LogP contribution < -0.4 is 0 Å². The van der Waals surface area contributed by atoms with E-state index in [-0.39, 0.29) is 5.78 Å². The molecule has 0 aliphatic heterocycles. The lowest BCUT2D eigenvalue weighted by Crippen LogP contribution is -2.38. The molecule has 1 unspecified atom stereocenters. The van der Waals surface area contributed by atoms with Crippen molar-refractivity contribution in [2.75, 3.05) is 26.4 Å². The average Bonchev–Trinajstić information content (AvgIpc) is 3.17. The number of rotatable bonds is 47. The van der Waals surface area contributed by atoms with Gasteiger partial charge in [-0.1, -0.05) is 247 Å². The molecule has 0 fully saturated rings. The second-order valence-electron chi connectivity index (χ2n) is 16.8. The lowest BCUT2D eigenvalue weighted by molar-refractivity contribution is -0.176. The molecule has 1 atom stereocenters. The van der Waals surface area contributed by atoms with Gasteiger partial charge in [-0.25, -0.2) is 0 Å². The van der Waals surface area contributed by atoms with Gasteiger partial charge in [-0.2, -0.15) is 5.06 Å². The zero-order valence-electron chi connectivity index (χ0n) is 37.8. The zero-order valence-corrected chi connectivity index (χ0v) is 38.7. The predicted molar refractivity (Wildman–Crippen MR) is 240 cm³/mol. The van der Waals surface area contributed by atoms with E-state index in [1.807, 2.05) is 0 Å². The summed E-state index contributed by atoms with van der Waals surface area (Å²) < 4.78 is 27.3. The van der Waals surface area contributed by atoms with E-state index in [0.29, 0.717) is 19.8 Å². The number of unbranched alkanes of at least 4 members (excludes halogenated alkanes) is 32. The molecule has 0 spiro atoms. The van der Waals surface area contributed by atoms with Gasteiger partial charge in [0, 0.05) is 6.54 Å². The van der Waals surface area contributed by atoms with Crippen molar-refractivity contribution in [3.63, 3.8) is 0 Å². The van der Waals surface area contributed by atoms with E-state index >= 15 is 0 Å². The van der Waals surface area contributed by atoms with Crippen LogP contribution in [-0.4, -0.2) is 37.2 Å². The van der Waals surface area contributed by atoms with Crippen LogP contribution in [0.15, 0.2) is 0 Å². The van der Waals surface area contributed by atoms with Gasteiger partial charge in [-0.15, -0.1) is 0 Å². The Morgan fingerprint density at radius 3 is 0.963 bits per heavy atom. The van der Waals surface area contributed by atoms with Gasteiger partial charge >= 0.3 is 7.60 Å². The van der Waals surface area contributed by atoms with E-state index in [1.54, 1.807) is 0 Å². The van der Waals surface area contributed by atoms with Crippen LogP contribution in [0, 0.1) is 0 Å². The van der Waals surface area contributed by atoms with Crippen LogP contribution in [0.3, 0.4) is 0 Å². The molecule has 0 aliphatic carbocycles. The van der Waals surface area contributed by atoms with E-state index in [4.69, 9.17) is 13.9 Å². The summed E-state index contributed by atoms with van der Waals surface area (Å²) in [7, 11) is -3.37. The third kappa shape index (κ3) is 35.2. The highest BCUT2D eigenvalue weighted by atomic mass is 31.2. The Balaban J connectivity index is 4.85. The van der Waals surface area contributed by atoms with Crippen LogP contribution in [0.5, 0.6) is 0 Å². The van der Waals surface area contributed by atoms with Gasteiger partial charge in [0.05, 0.1) is 19.8 Å². The van der Waals surface area contributed by atoms with Crippen LogP contribution in [-0.2, 0) is 18.5 Å². The van der Waals surface area contributed by atoms with E-state index in [2.05, 4.69) is 39.7 Å². The molecule has 0 aromatic rings. The van der Waals surface area contributed by atoms with Gasteiger partial charge in [0.25, 0.3) is 0 Å². The highest BCUT2D eigenvalue weighted by Gasteiger charge is 2.40. The van der Waals surface area contributed by atoms with Crippen molar-refractivity contribution in [2.45, 2.75) is 284 Å². The monoisotopic (exact) mass is 786 g/mol. The summed E-state index contributed by atoms with van der Waals surface area (Å²) >= 11 is 0. The third-order valence-corrected chi connectivity index (χ3v) is 13.6. The Bertz CT molecular complexity index is 738. The molecule has 54 heavy (non-hydrogen) atoms. The van der Waals surface area contributed by atoms with Crippen molar-refractivity contribution >= 4 is 7.60 Å². The van der Waals surface area contributed by atoms with Crippen molar-refractivity contribution in [1.29, 1.82) is 0 Å². The summed E-state index contributed by atoms with van der Waals surface area (Å²) in [4.78, 5) is 6.50. The first-order valence-electron chi connectivity index (χ1n) is 24.9. The molecule has 0 aliphatic rings. The Kier molecular flexibility index (Phi) is 44.2. The first-order chi connectivity index (χ1) is 26.6. The standard InChI is InChI=1S/C48H100NO4P/c1-6-11-16-18-20-22-24-26-28-30-32-34-36-38-40-42-44-49(51-45-13-8-3)48(54(50,52-46-14-9-4)53-47-15-10-5)43-41-39-37-35-33-31-29-27-25-23-21-19-17-12-7-2/h48H,6-47H2,1-5H3. The maximum Gasteiger partial charge on any atom is 0.350 e. The Hall–Kier alpha value is 0.0700. The minimum Gasteiger partial charge on any atom is -0.307 e. The largest absolute Gasteiger partial charge is 0.350 e. The van der Waals surface area contributed by atoms with Crippen LogP contribution in [0.2, 0.25) is 0 Å². The van der Waals surface area contributed by atoms with Gasteiger partial charge in [0.2, 0.25) is 0 Å². The number of hydroxylamine groups is 2. The summed E-state index contributed by atoms with van der Waals surface area (Å²) in [5, 5.41) is 2.09. The second-order valence-corrected chi connectivity index (χ2v) is 19.0. The maximum absolute atomic E-state index is 14.7. The summed E-state index contributed by atoms with van der Waals surface area (Å²) in [6, 6.07) is 0. The zero-order chi connectivity index (χ0) is 39.5. The summed E-state index contributed by atoms with van der Waals surface area (Å²) in [6.45, 7) is 13.6. The minimum atomic E-state index is -3.37. The molecule has 0 rings (SSSR count). The minimum absolute atomic E-state index is 0.318. The van der Waals surface area contributed by atoms with Gasteiger partial charge in [0.1, 0.15) is 5.78 Å². The van der Waals surface area contributed by atoms with Gasteiger partial charge in [-0.3, -0.25) is 9.40 Å². The van der Waals surface area contributed by atoms with Crippen molar-refractivity contribution in [3.8, 4) is 0 Å². The summed E-state index contributed by atoms with van der Waals surface area (Å²) in [5.74, 6) is -0.318. The molecule has 0 heterocycles. The van der Waals surface area contributed by atoms with E-state index in [1.165, 1.54) is 186 Å². The van der Waals surface area contributed by atoms with Gasteiger partial charge < -0.3 is 9.05 Å². The van der Waals surface area contributed by atoms with Crippen molar-refractivity contribution in [1.82, 2.24) is 5.06 Å². The number of nitrogens with zero attached hydrogens (tertiary/aromatic N) is 1. The topological polar surface area (TPSA) is 48.0 Å². The molecule has 0 bridgehead atoms. The summed E-state index contributed by atoms with van der Waals surface area (Å²) in [5.41, 5.74) is 0. The summed E-state index contributed by atoms with van der Waals surface area (Å²) in [6.07, 6.45) is 48.8. The number of hydrogen-bond acceptors (Lipinski definition) is 5. The molecule has 0 amide bonds. The van der Waals surface area contributed by atoms with Gasteiger partial charge in [-0.05, 0) is 32.1 Å². The molecule has 0 aromatic carbocycles. The molecule has 0 aromatic heterocycles. The molecule has 0 radical (unpaired) electrons. The quantitative estimate of drug-likeness (QED) is 0.0349.